The number of hydrogen-bond acceptors (Lipinski definition) is 4. The fourth-order valence-corrected chi connectivity index (χ4v) is 4.19. The second-order valence-electron chi connectivity index (χ2n) is 6.80. The first-order chi connectivity index (χ1) is 12.2. The second kappa shape index (κ2) is 6.85. The highest BCUT2D eigenvalue weighted by Crippen LogP contribution is 2.20. The molecule has 0 bridgehead atoms. The van der Waals surface area contributed by atoms with Gasteiger partial charge in [-0.15, -0.1) is 0 Å². The Labute approximate surface area is 152 Å². The maximum Gasteiger partial charge on any atom is 0.259 e. The normalized spacial score (nSPS) is 15.6. The van der Waals surface area contributed by atoms with Crippen molar-refractivity contribution >= 4 is 26.8 Å². The molecule has 1 aliphatic rings. The highest BCUT2D eigenvalue weighted by atomic mass is 32.2. The number of aryl methyl sites for hydroxylation is 1. The highest BCUT2D eigenvalue weighted by molar-refractivity contribution is 7.89. The van der Waals surface area contributed by atoms with Crippen molar-refractivity contribution in [3.05, 3.63) is 40.2 Å². The molecule has 8 heteroatoms. The van der Waals surface area contributed by atoms with Crippen LogP contribution in [0.15, 0.2) is 34.1 Å². The van der Waals surface area contributed by atoms with Gasteiger partial charge in [-0.25, -0.2) is 12.7 Å². The molecule has 2 heterocycles. The van der Waals surface area contributed by atoms with Crippen LogP contribution in [0.2, 0.25) is 0 Å². The summed E-state index contributed by atoms with van der Waals surface area (Å²) in [4.78, 5) is 27.5. The van der Waals surface area contributed by atoms with Crippen LogP contribution in [-0.4, -0.2) is 55.3 Å². The molecule has 26 heavy (non-hydrogen) atoms. The Morgan fingerprint density at radius 2 is 1.77 bits per heavy atom. The van der Waals surface area contributed by atoms with Gasteiger partial charge in [0.25, 0.3) is 5.91 Å². The maximum atomic E-state index is 12.9. The number of carbonyl (C=O) groups excluding carboxylic acids is 1. The van der Waals surface area contributed by atoms with Crippen LogP contribution in [0, 0.1) is 0 Å². The summed E-state index contributed by atoms with van der Waals surface area (Å²) < 4.78 is 27.6. The number of piperidine rings is 1. The Bertz CT molecular complexity index is 1020. The highest BCUT2D eigenvalue weighted by Gasteiger charge is 2.24. The molecule has 1 saturated heterocycles. The average molecular weight is 377 g/mol. The first-order valence-corrected chi connectivity index (χ1v) is 10.0. The topological polar surface area (TPSA) is 79.7 Å². The Kier molecular flexibility index (Phi) is 4.90. The van der Waals surface area contributed by atoms with Crippen LogP contribution in [0.1, 0.15) is 29.6 Å². The number of pyridine rings is 1. The first-order valence-electron chi connectivity index (χ1n) is 8.58. The molecule has 0 aliphatic carbocycles. The summed E-state index contributed by atoms with van der Waals surface area (Å²) in [5, 5.41) is 0.235. The fourth-order valence-electron chi connectivity index (χ4n) is 3.26. The number of carbonyl (C=O) groups is 1. The Morgan fingerprint density at radius 1 is 1.12 bits per heavy atom. The van der Waals surface area contributed by atoms with Crippen LogP contribution >= 0.6 is 0 Å². The molecule has 1 aliphatic heterocycles. The largest absolute Gasteiger partial charge is 0.350 e. The molecule has 3 rings (SSSR count). The molecule has 0 radical (unpaired) electrons. The van der Waals surface area contributed by atoms with Crippen LogP contribution in [0.3, 0.4) is 0 Å². The molecule has 140 valence electrons. The zero-order valence-corrected chi connectivity index (χ0v) is 16.0. The summed E-state index contributed by atoms with van der Waals surface area (Å²) in [6.07, 6.45) is 4.50. The number of nitrogens with zero attached hydrogens (tertiary/aromatic N) is 3. The molecule has 0 unspecified atom stereocenters. The number of amides is 1. The van der Waals surface area contributed by atoms with Crippen molar-refractivity contribution in [3.63, 3.8) is 0 Å². The lowest BCUT2D eigenvalue weighted by Gasteiger charge is -2.26. The molecule has 2 aromatic rings. The zero-order valence-electron chi connectivity index (χ0n) is 15.2. The standard InChI is InChI=1S/C18H23N3O4S/c1-19(2)26(24,25)13-7-8-16-14(11-13)17(22)15(12-20(16)3)18(23)21-9-5-4-6-10-21/h7-8,11-12H,4-6,9-10H2,1-3H3. The molecular weight excluding hydrogens is 354 g/mol. The van der Waals surface area contributed by atoms with Gasteiger partial charge in [-0.3, -0.25) is 9.59 Å². The SMILES string of the molecule is CN(C)S(=O)(=O)c1ccc2c(c1)c(=O)c(C(=O)N1CCCCC1)cn2C. The van der Waals surface area contributed by atoms with Crippen LogP contribution in [0.25, 0.3) is 10.9 Å². The van der Waals surface area contributed by atoms with Crippen molar-refractivity contribution in [3.8, 4) is 0 Å². The lowest BCUT2D eigenvalue weighted by molar-refractivity contribution is 0.0722. The zero-order chi connectivity index (χ0) is 19.1. The van der Waals surface area contributed by atoms with Crippen LogP contribution in [0.4, 0.5) is 0 Å². The van der Waals surface area contributed by atoms with Gasteiger partial charge in [0, 0.05) is 45.8 Å². The molecule has 0 N–H and O–H groups in total. The molecule has 7 nitrogen and oxygen atoms in total. The van der Waals surface area contributed by atoms with Gasteiger partial charge in [0.05, 0.1) is 10.4 Å². The van der Waals surface area contributed by atoms with E-state index in [-0.39, 0.29) is 21.8 Å². The molecule has 1 aromatic carbocycles. The molecule has 1 amide bonds. The molecule has 0 saturated carbocycles. The van der Waals surface area contributed by atoms with E-state index >= 15 is 0 Å². The molecular formula is C18H23N3O4S. The average Bonchev–Trinajstić information content (AvgIpc) is 2.64. The third kappa shape index (κ3) is 3.14. The lowest BCUT2D eigenvalue weighted by Crippen LogP contribution is -2.38. The third-order valence-corrected chi connectivity index (χ3v) is 6.62. The summed E-state index contributed by atoms with van der Waals surface area (Å²) in [5.74, 6) is -0.284. The van der Waals surface area contributed by atoms with Crippen LogP contribution in [-0.2, 0) is 17.1 Å². The molecule has 1 aromatic heterocycles. The van der Waals surface area contributed by atoms with Crippen LogP contribution in [0.5, 0.6) is 0 Å². The van der Waals surface area contributed by atoms with Crippen molar-refractivity contribution in [2.75, 3.05) is 27.2 Å². The van der Waals surface area contributed by atoms with Crippen molar-refractivity contribution in [1.82, 2.24) is 13.8 Å². The van der Waals surface area contributed by atoms with Gasteiger partial charge in [0.2, 0.25) is 15.5 Å². The predicted octanol–water partition coefficient (Wildman–Crippen LogP) is 1.41. The third-order valence-electron chi connectivity index (χ3n) is 4.81. The van der Waals surface area contributed by atoms with Gasteiger partial charge in [0.1, 0.15) is 5.56 Å². The van der Waals surface area contributed by atoms with E-state index < -0.39 is 15.5 Å². The number of aromatic nitrogens is 1. The van der Waals surface area contributed by atoms with E-state index in [0.717, 1.165) is 23.6 Å². The van der Waals surface area contributed by atoms with Gasteiger partial charge in [-0.05, 0) is 37.5 Å². The van der Waals surface area contributed by atoms with Crippen molar-refractivity contribution < 1.29 is 13.2 Å². The Hall–Kier alpha value is -2.19. The minimum atomic E-state index is -3.66. The summed E-state index contributed by atoms with van der Waals surface area (Å²) >= 11 is 0. The van der Waals surface area contributed by atoms with Gasteiger partial charge >= 0.3 is 0 Å². The summed E-state index contributed by atoms with van der Waals surface area (Å²) in [6, 6.07) is 4.44. The van der Waals surface area contributed by atoms with E-state index in [1.54, 1.807) is 28.8 Å². The minimum Gasteiger partial charge on any atom is -0.350 e. The van der Waals surface area contributed by atoms with E-state index in [4.69, 9.17) is 0 Å². The van der Waals surface area contributed by atoms with E-state index in [2.05, 4.69) is 0 Å². The van der Waals surface area contributed by atoms with Gasteiger partial charge in [0.15, 0.2) is 0 Å². The van der Waals surface area contributed by atoms with Crippen molar-refractivity contribution in [1.29, 1.82) is 0 Å². The van der Waals surface area contributed by atoms with E-state index in [9.17, 15) is 18.0 Å². The maximum absolute atomic E-state index is 12.9. The number of hydrogen-bond donors (Lipinski definition) is 0. The summed E-state index contributed by atoms with van der Waals surface area (Å²) in [5.41, 5.74) is 0.244. The Morgan fingerprint density at radius 3 is 2.38 bits per heavy atom. The fraction of sp³-hybridized carbons (Fsp3) is 0.444. The molecule has 0 spiro atoms. The number of sulfonamides is 1. The van der Waals surface area contributed by atoms with Gasteiger partial charge in [-0.1, -0.05) is 0 Å². The molecule has 0 atom stereocenters. The summed E-state index contributed by atoms with van der Waals surface area (Å²) in [7, 11) is 0.960. The minimum absolute atomic E-state index is 0.0367. The van der Waals surface area contributed by atoms with Gasteiger partial charge < -0.3 is 9.47 Å². The smallest absolute Gasteiger partial charge is 0.259 e. The van der Waals surface area contributed by atoms with E-state index in [1.807, 2.05) is 0 Å². The number of rotatable bonds is 3. The summed E-state index contributed by atoms with van der Waals surface area (Å²) in [6.45, 7) is 1.30. The van der Waals surface area contributed by atoms with Crippen LogP contribution < -0.4 is 5.43 Å². The van der Waals surface area contributed by atoms with Gasteiger partial charge in [-0.2, -0.15) is 0 Å². The monoisotopic (exact) mass is 377 g/mol. The van der Waals surface area contributed by atoms with E-state index in [1.165, 1.54) is 26.2 Å². The number of benzene rings is 1. The number of fused-ring (bicyclic) bond motifs is 1. The lowest BCUT2D eigenvalue weighted by atomic mass is 10.1. The molecule has 1 fully saturated rings. The first kappa shape index (κ1) is 18.6. The predicted molar refractivity (Wildman–Crippen MR) is 99.8 cm³/mol. The van der Waals surface area contributed by atoms with E-state index in [0.29, 0.717) is 18.6 Å². The number of likely N-dealkylation sites (tertiary alicyclic amines) is 1. The van der Waals surface area contributed by atoms with Crippen molar-refractivity contribution in [2.45, 2.75) is 24.2 Å². The van der Waals surface area contributed by atoms with Crippen molar-refractivity contribution in [2.24, 2.45) is 7.05 Å². The Balaban J connectivity index is 2.16. The quantitative estimate of drug-likeness (QED) is 0.810. The second-order valence-corrected chi connectivity index (χ2v) is 8.95.